The summed E-state index contributed by atoms with van der Waals surface area (Å²) in [6.07, 6.45) is 4.89. The summed E-state index contributed by atoms with van der Waals surface area (Å²) in [5.41, 5.74) is 1.05. The first-order valence-corrected chi connectivity index (χ1v) is 8.28. The van der Waals surface area contributed by atoms with Crippen LogP contribution in [-0.2, 0) is 10.0 Å². The molecular formula is C14H22N2O2S. The number of hydrogen-bond donors (Lipinski definition) is 2. The molecule has 0 saturated heterocycles. The fourth-order valence-electron chi connectivity index (χ4n) is 2.57. The summed E-state index contributed by atoms with van der Waals surface area (Å²) >= 11 is 0. The average molecular weight is 282 g/mol. The summed E-state index contributed by atoms with van der Waals surface area (Å²) in [5.74, 6) is 0. The van der Waals surface area contributed by atoms with Crippen molar-refractivity contribution in [1.82, 2.24) is 4.72 Å². The fraction of sp³-hybridized carbons (Fsp3) is 0.571. The molecule has 106 valence electrons. The van der Waals surface area contributed by atoms with E-state index < -0.39 is 10.0 Å². The largest absolute Gasteiger partial charge is 0.383 e. The lowest BCUT2D eigenvalue weighted by Crippen LogP contribution is -2.36. The predicted molar refractivity (Wildman–Crippen MR) is 77.8 cm³/mol. The van der Waals surface area contributed by atoms with Gasteiger partial charge in [0.15, 0.2) is 0 Å². The Hall–Kier alpha value is -1.07. The topological polar surface area (TPSA) is 58.2 Å². The second-order valence-electron chi connectivity index (χ2n) is 5.26. The molecule has 19 heavy (non-hydrogen) atoms. The van der Waals surface area contributed by atoms with Crippen LogP contribution in [0.2, 0.25) is 0 Å². The van der Waals surface area contributed by atoms with Crippen molar-refractivity contribution >= 4 is 15.7 Å². The van der Waals surface area contributed by atoms with Crippen LogP contribution in [0.15, 0.2) is 29.2 Å². The Morgan fingerprint density at radius 1 is 1.26 bits per heavy atom. The second-order valence-corrected chi connectivity index (χ2v) is 7.12. The van der Waals surface area contributed by atoms with E-state index in [0.29, 0.717) is 16.0 Å². The molecule has 1 saturated carbocycles. The van der Waals surface area contributed by atoms with Crippen molar-refractivity contribution < 1.29 is 8.42 Å². The third-order valence-electron chi connectivity index (χ3n) is 4.26. The molecule has 4 nitrogen and oxygen atoms in total. The minimum Gasteiger partial charge on any atom is -0.383 e. The summed E-state index contributed by atoms with van der Waals surface area (Å²) < 4.78 is 26.3. The molecule has 2 N–H and O–H groups in total. The van der Waals surface area contributed by atoms with E-state index in [9.17, 15) is 8.42 Å². The van der Waals surface area contributed by atoms with Gasteiger partial charge in [-0.15, -0.1) is 0 Å². The lowest BCUT2D eigenvalue weighted by Gasteiger charge is -2.41. The molecule has 0 aromatic heterocycles. The number of para-hydroxylation sites is 1. The first kappa shape index (κ1) is 14.3. The van der Waals surface area contributed by atoms with Crippen LogP contribution in [0.4, 0.5) is 5.69 Å². The zero-order valence-corrected chi connectivity index (χ0v) is 12.4. The summed E-state index contributed by atoms with van der Waals surface area (Å²) in [7, 11) is -1.97. The van der Waals surface area contributed by atoms with Crippen LogP contribution in [0.3, 0.4) is 0 Å². The summed E-state index contributed by atoms with van der Waals surface area (Å²) in [5, 5.41) is 3.33. The van der Waals surface area contributed by atoms with Crippen LogP contribution >= 0.6 is 0 Å². The van der Waals surface area contributed by atoms with E-state index in [4.69, 9.17) is 0 Å². The molecule has 1 aromatic carbocycles. The van der Waals surface area contributed by atoms with Gasteiger partial charge in [0.1, 0.15) is 4.90 Å². The first-order chi connectivity index (χ1) is 9.03. The van der Waals surface area contributed by atoms with Crippen LogP contribution in [-0.4, -0.2) is 22.0 Å². The first-order valence-electron chi connectivity index (χ1n) is 6.79. The van der Waals surface area contributed by atoms with Gasteiger partial charge in [-0.25, -0.2) is 13.1 Å². The van der Waals surface area contributed by atoms with E-state index in [2.05, 4.69) is 17.0 Å². The molecular weight excluding hydrogens is 260 g/mol. The third kappa shape index (κ3) is 2.92. The lowest BCUT2D eigenvalue weighted by molar-refractivity contribution is 0.145. The monoisotopic (exact) mass is 282 g/mol. The Morgan fingerprint density at radius 3 is 2.47 bits per heavy atom. The van der Waals surface area contributed by atoms with Crippen LogP contribution in [0.5, 0.6) is 0 Å². The molecule has 0 heterocycles. The fourth-order valence-corrected chi connectivity index (χ4v) is 3.48. The van der Waals surface area contributed by atoms with Crippen molar-refractivity contribution in [3.8, 4) is 0 Å². The van der Waals surface area contributed by atoms with Gasteiger partial charge in [0.25, 0.3) is 0 Å². The Labute approximate surface area is 115 Å². The van der Waals surface area contributed by atoms with Crippen molar-refractivity contribution in [3.63, 3.8) is 0 Å². The van der Waals surface area contributed by atoms with Crippen LogP contribution in [0.1, 0.15) is 32.6 Å². The van der Waals surface area contributed by atoms with Crippen LogP contribution in [0.25, 0.3) is 0 Å². The van der Waals surface area contributed by atoms with Gasteiger partial charge in [0, 0.05) is 6.54 Å². The van der Waals surface area contributed by atoms with E-state index >= 15 is 0 Å². The molecule has 1 aliphatic carbocycles. The highest BCUT2D eigenvalue weighted by Gasteiger charge is 2.35. The van der Waals surface area contributed by atoms with Gasteiger partial charge < -0.3 is 5.32 Å². The Kier molecular flexibility index (Phi) is 4.16. The number of rotatable bonds is 6. The zero-order chi connectivity index (χ0) is 13.9. The Bertz CT molecular complexity index is 531. The quantitative estimate of drug-likeness (QED) is 0.843. The SMILES string of the molecule is CCC1(CNc2ccccc2S(=O)(=O)NC)CCC1. The Balaban J connectivity index is 2.17. The standard InChI is InChI=1S/C14H22N2O2S/c1-3-14(9-6-10-14)11-16-12-7-4-5-8-13(12)19(17,18)15-2/h4-5,7-8,15-16H,3,6,9-11H2,1-2H3. The molecule has 1 fully saturated rings. The van der Waals surface area contributed by atoms with Gasteiger partial charge in [-0.2, -0.15) is 0 Å². The predicted octanol–water partition coefficient (Wildman–Crippen LogP) is 2.59. The van der Waals surface area contributed by atoms with E-state index in [0.717, 1.165) is 13.0 Å². The highest BCUT2D eigenvalue weighted by Crippen LogP contribution is 2.43. The molecule has 1 aliphatic rings. The number of hydrogen-bond acceptors (Lipinski definition) is 3. The maximum Gasteiger partial charge on any atom is 0.242 e. The summed E-state index contributed by atoms with van der Waals surface area (Å²) in [6.45, 7) is 3.05. The maximum absolute atomic E-state index is 11.9. The molecule has 0 radical (unpaired) electrons. The maximum atomic E-state index is 11.9. The number of benzene rings is 1. The Morgan fingerprint density at radius 2 is 1.95 bits per heavy atom. The zero-order valence-electron chi connectivity index (χ0n) is 11.6. The third-order valence-corrected chi connectivity index (χ3v) is 5.74. The highest BCUT2D eigenvalue weighted by molar-refractivity contribution is 7.89. The van der Waals surface area contributed by atoms with E-state index in [1.54, 1.807) is 12.1 Å². The molecule has 0 atom stereocenters. The lowest BCUT2D eigenvalue weighted by atomic mass is 9.67. The minimum atomic E-state index is -3.40. The van der Waals surface area contributed by atoms with Crippen molar-refractivity contribution in [3.05, 3.63) is 24.3 Å². The van der Waals surface area contributed by atoms with Crippen molar-refractivity contribution in [2.75, 3.05) is 18.9 Å². The van der Waals surface area contributed by atoms with Gasteiger partial charge in [-0.3, -0.25) is 0 Å². The van der Waals surface area contributed by atoms with Crippen molar-refractivity contribution in [1.29, 1.82) is 0 Å². The number of sulfonamides is 1. The molecule has 1 aromatic rings. The van der Waals surface area contributed by atoms with Crippen molar-refractivity contribution in [2.45, 2.75) is 37.5 Å². The molecule has 0 spiro atoms. The number of nitrogens with one attached hydrogen (secondary N) is 2. The van der Waals surface area contributed by atoms with Gasteiger partial charge >= 0.3 is 0 Å². The second kappa shape index (κ2) is 5.51. The molecule has 0 aliphatic heterocycles. The molecule has 0 amide bonds. The smallest absolute Gasteiger partial charge is 0.242 e. The van der Waals surface area contributed by atoms with E-state index in [-0.39, 0.29) is 0 Å². The molecule has 2 rings (SSSR count). The van der Waals surface area contributed by atoms with E-state index in [1.165, 1.54) is 26.3 Å². The summed E-state index contributed by atoms with van der Waals surface area (Å²) in [6, 6.07) is 7.06. The number of anilines is 1. The molecule has 0 bridgehead atoms. The van der Waals surface area contributed by atoms with Gasteiger partial charge in [-0.1, -0.05) is 25.5 Å². The molecule has 0 unspecified atom stereocenters. The normalized spacial score (nSPS) is 17.8. The van der Waals surface area contributed by atoms with Gasteiger partial charge in [0.2, 0.25) is 10.0 Å². The van der Waals surface area contributed by atoms with Crippen LogP contribution in [0, 0.1) is 5.41 Å². The van der Waals surface area contributed by atoms with Crippen molar-refractivity contribution in [2.24, 2.45) is 5.41 Å². The highest BCUT2D eigenvalue weighted by atomic mass is 32.2. The minimum absolute atomic E-state index is 0.322. The average Bonchev–Trinajstić information content (AvgIpc) is 2.38. The summed E-state index contributed by atoms with van der Waals surface area (Å²) in [4.78, 5) is 0.322. The van der Waals surface area contributed by atoms with Crippen LogP contribution < -0.4 is 10.0 Å². The molecule has 5 heteroatoms. The van der Waals surface area contributed by atoms with Gasteiger partial charge in [0.05, 0.1) is 5.69 Å². The van der Waals surface area contributed by atoms with E-state index in [1.807, 2.05) is 12.1 Å². The van der Waals surface area contributed by atoms with Gasteiger partial charge in [-0.05, 0) is 43.9 Å².